The molecule has 0 radical (unpaired) electrons. The van der Waals surface area contributed by atoms with Crippen molar-refractivity contribution in [1.29, 1.82) is 0 Å². The Hall–Kier alpha value is -2.69. The predicted molar refractivity (Wildman–Crippen MR) is 115 cm³/mol. The summed E-state index contributed by atoms with van der Waals surface area (Å²) < 4.78 is 16.6. The van der Waals surface area contributed by atoms with Gasteiger partial charge in [0.25, 0.3) is 0 Å². The Morgan fingerprint density at radius 2 is 1.93 bits per heavy atom. The maximum Gasteiger partial charge on any atom is 0.317 e. The number of benzene rings is 2. The molecule has 0 amide bonds. The monoisotopic (exact) mass is 397 g/mol. The normalized spacial score (nSPS) is 21.4. The van der Waals surface area contributed by atoms with Gasteiger partial charge in [-0.3, -0.25) is 4.79 Å². The fourth-order valence-corrected chi connectivity index (χ4v) is 4.54. The van der Waals surface area contributed by atoms with E-state index in [-0.39, 0.29) is 11.9 Å². The molecule has 1 aliphatic rings. The number of carbonyl (C=O) groups excluding carboxylic acids is 1. The number of methoxy groups -OCH3 is 2. The number of rotatable bonds is 7. The minimum absolute atomic E-state index is 0.143. The second-order valence-electron chi connectivity index (χ2n) is 7.90. The van der Waals surface area contributed by atoms with Crippen LogP contribution in [0.15, 0.2) is 42.5 Å². The lowest BCUT2D eigenvalue weighted by atomic mass is 9.65. The molecule has 3 rings (SSSR count). The van der Waals surface area contributed by atoms with Crippen molar-refractivity contribution in [1.82, 2.24) is 0 Å². The largest absolute Gasteiger partial charge is 0.493 e. The minimum Gasteiger partial charge on any atom is -0.493 e. The van der Waals surface area contributed by atoms with Crippen LogP contribution < -0.4 is 19.9 Å². The summed E-state index contributed by atoms with van der Waals surface area (Å²) in [6.07, 6.45) is 5.42. The Bertz CT molecular complexity index is 847. The lowest BCUT2D eigenvalue weighted by Gasteiger charge is -2.39. The Morgan fingerprint density at radius 1 is 1.14 bits per heavy atom. The van der Waals surface area contributed by atoms with E-state index >= 15 is 0 Å². The zero-order valence-corrected chi connectivity index (χ0v) is 17.6. The van der Waals surface area contributed by atoms with E-state index < -0.39 is 5.41 Å². The highest BCUT2D eigenvalue weighted by Gasteiger charge is 2.44. The van der Waals surface area contributed by atoms with Gasteiger partial charge in [0.2, 0.25) is 0 Å². The molecule has 1 fully saturated rings. The van der Waals surface area contributed by atoms with Crippen LogP contribution in [0.2, 0.25) is 0 Å². The summed E-state index contributed by atoms with van der Waals surface area (Å²) in [4.78, 5) is 13.3. The molecule has 2 aromatic carbocycles. The molecule has 5 nitrogen and oxygen atoms in total. The first-order chi connectivity index (χ1) is 14.0. The molecule has 2 aromatic rings. The smallest absolute Gasteiger partial charge is 0.317 e. The lowest BCUT2D eigenvalue weighted by molar-refractivity contribution is -0.149. The molecular formula is C24H31NO4. The number of hydrogen-bond acceptors (Lipinski definition) is 5. The van der Waals surface area contributed by atoms with Crippen molar-refractivity contribution in [3.8, 4) is 17.2 Å². The van der Waals surface area contributed by atoms with Crippen LogP contribution in [0.1, 0.15) is 56.9 Å². The maximum atomic E-state index is 13.3. The molecule has 0 spiro atoms. The zero-order chi connectivity index (χ0) is 20.9. The molecule has 156 valence electrons. The van der Waals surface area contributed by atoms with E-state index in [0.717, 1.165) is 44.3 Å². The van der Waals surface area contributed by atoms with Crippen LogP contribution in [0.3, 0.4) is 0 Å². The summed E-state index contributed by atoms with van der Waals surface area (Å²) in [5.41, 5.74) is 7.13. The Labute approximate surface area is 173 Å². The van der Waals surface area contributed by atoms with Gasteiger partial charge in [-0.2, -0.15) is 0 Å². The first-order valence-corrected chi connectivity index (χ1v) is 10.3. The van der Waals surface area contributed by atoms with E-state index in [2.05, 4.69) is 13.0 Å². The van der Waals surface area contributed by atoms with Gasteiger partial charge in [0.15, 0.2) is 11.5 Å². The second kappa shape index (κ2) is 9.21. The Kier molecular flexibility index (Phi) is 6.68. The van der Waals surface area contributed by atoms with Gasteiger partial charge in [-0.25, -0.2) is 0 Å². The van der Waals surface area contributed by atoms with Crippen molar-refractivity contribution in [2.24, 2.45) is 5.41 Å². The fraction of sp³-hybridized carbons (Fsp3) is 0.458. The minimum atomic E-state index is -0.477. The average molecular weight is 398 g/mol. The van der Waals surface area contributed by atoms with Crippen LogP contribution in [0.4, 0.5) is 5.69 Å². The van der Waals surface area contributed by atoms with Gasteiger partial charge in [-0.05, 0) is 61.4 Å². The van der Waals surface area contributed by atoms with E-state index in [1.54, 1.807) is 38.5 Å². The van der Waals surface area contributed by atoms with Crippen LogP contribution in [-0.4, -0.2) is 20.2 Å². The molecule has 0 bridgehead atoms. The van der Waals surface area contributed by atoms with Gasteiger partial charge in [0.05, 0.1) is 19.6 Å². The van der Waals surface area contributed by atoms with Gasteiger partial charge < -0.3 is 19.9 Å². The molecule has 0 aliphatic heterocycles. The van der Waals surface area contributed by atoms with E-state index in [1.807, 2.05) is 12.1 Å². The molecule has 1 unspecified atom stereocenters. The summed E-state index contributed by atoms with van der Waals surface area (Å²) in [6, 6.07) is 13.1. The third kappa shape index (κ3) is 4.66. The summed E-state index contributed by atoms with van der Waals surface area (Å²) in [6.45, 7) is 2.12. The molecule has 5 heteroatoms. The summed E-state index contributed by atoms with van der Waals surface area (Å²) >= 11 is 0. The van der Waals surface area contributed by atoms with Gasteiger partial charge in [-0.1, -0.05) is 31.9 Å². The van der Waals surface area contributed by atoms with Crippen LogP contribution >= 0.6 is 0 Å². The molecule has 1 aliphatic carbocycles. The maximum absolute atomic E-state index is 13.3. The summed E-state index contributed by atoms with van der Waals surface area (Å²) in [5, 5.41) is 0. The number of esters is 1. The molecule has 0 aromatic heterocycles. The first kappa shape index (κ1) is 21.0. The molecule has 0 saturated heterocycles. The van der Waals surface area contributed by atoms with Crippen LogP contribution in [0.5, 0.6) is 17.2 Å². The van der Waals surface area contributed by atoms with Crippen molar-refractivity contribution in [3.63, 3.8) is 0 Å². The lowest BCUT2D eigenvalue weighted by Crippen LogP contribution is -2.39. The van der Waals surface area contributed by atoms with Crippen LogP contribution in [-0.2, 0) is 4.79 Å². The topological polar surface area (TPSA) is 70.8 Å². The van der Waals surface area contributed by atoms with Gasteiger partial charge in [-0.15, -0.1) is 0 Å². The Morgan fingerprint density at radius 3 is 2.62 bits per heavy atom. The van der Waals surface area contributed by atoms with Crippen molar-refractivity contribution >= 4 is 11.7 Å². The van der Waals surface area contributed by atoms with E-state index in [4.69, 9.17) is 19.9 Å². The fourth-order valence-electron chi connectivity index (χ4n) is 4.54. The van der Waals surface area contributed by atoms with E-state index in [1.165, 1.54) is 5.56 Å². The highest BCUT2D eigenvalue weighted by Crippen LogP contribution is 2.48. The van der Waals surface area contributed by atoms with E-state index in [0.29, 0.717) is 17.2 Å². The zero-order valence-electron chi connectivity index (χ0n) is 17.6. The highest BCUT2D eigenvalue weighted by molar-refractivity contribution is 5.79. The Balaban J connectivity index is 1.84. The molecule has 2 atom stereocenters. The molecule has 1 saturated carbocycles. The van der Waals surface area contributed by atoms with Gasteiger partial charge >= 0.3 is 5.97 Å². The molecule has 2 N–H and O–H groups in total. The van der Waals surface area contributed by atoms with Crippen LogP contribution in [0, 0.1) is 5.41 Å². The van der Waals surface area contributed by atoms with Crippen molar-refractivity contribution in [2.75, 3.05) is 20.0 Å². The molecular weight excluding hydrogens is 366 g/mol. The van der Waals surface area contributed by atoms with Gasteiger partial charge in [0.1, 0.15) is 5.75 Å². The van der Waals surface area contributed by atoms with Crippen molar-refractivity contribution < 1.29 is 19.0 Å². The van der Waals surface area contributed by atoms with Gasteiger partial charge in [0, 0.05) is 11.8 Å². The average Bonchev–Trinajstić information content (AvgIpc) is 2.73. The third-order valence-electron chi connectivity index (χ3n) is 5.95. The number of nitrogens with two attached hydrogens (primary N) is 1. The summed E-state index contributed by atoms with van der Waals surface area (Å²) in [7, 11) is 3.28. The number of ether oxygens (including phenoxy) is 3. The molecule has 29 heavy (non-hydrogen) atoms. The quantitative estimate of drug-likeness (QED) is 0.388. The summed E-state index contributed by atoms with van der Waals surface area (Å²) in [5.74, 6) is 2.09. The van der Waals surface area contributed by atoms with Crippen LogP contribution in [0.25, 0.3) is 0 Å². The second-order valence-corrected chi connectivity index (χ2v) is 7.90. The van der Waals surface area contributed by atoms with Crippen molar-refractivity contribution in [2.45, 2.75) is 51.4 Å². The number of carbonyl (C=O) groups is 1. The number of nitrogen functional groups attached to an aromatic ring is 1. The molecule has 0 heterocycles. The van der Waals surface area contributed by atoms with E-state index in [9.17, 15) is 4.79 Å². The highest BCUT2D eigenvalue weighted by atomic mass is 16.5. The number of anilines is 1. The SMILES string of the molecule is CCC[C@@]1(C(=O)Oc2cccc(N)c2)CCCC(c2ccc(OC)c(OC)c2)C1. The third-order valence-corrected chi connectivity index (χ3v) is 5.95. The predicted octanol–water partition coefficient (Wildman–Crippen LogP) is 5.34. The first-order valence-electron chi connectivity index (χ1n) is 10.3. The standard InChI is InChI=1S/C24H31NO4/c1-4-12-24(23(26)29-20-9-5-8-19(25)15-20)13-6-7-18(16-24)17-10-11-21(27-2)22(14-17)28-3/h5,8-11,14-15,18H,4,6-7,12-13,16,25H2,1-3H3/t18?,24-/m1/s1. The van der Waals surface area contributed by atoms with Crippen molar-refractivity contribution in [3.05, 3.63) is 48.0 Å². The number of hydrogen-bond donors (Lipinski definition) is 1.